The molecule has 0 saturated carbocycles. The molecule has 0 atom stereocenters. The lowest BCUT2D eigenvalue weighted by molar-refractivity contribution is 0.0691. The maximum absolute atomic E-state index is 10.6. The van der Waals surface area contributed by atoms with Gasteiger partial charge in [-0.3, -0.25) is 5.10 Å². The van der Waals surface area contributed by atoms with Gasteiger partial charge in [0.1, 0.15) is 5.69 Å². The molecule has 0 saturated heterocycles. The number of rotatable bonds is 2. The number of nitrogens with zero attached hydrogens (tertiary/aromatic N) is 3. The lowest BCUT2D eigenvalue weighted by Crippen LogP contribution is -1.98. The third kappa shape index (κ3) is 1.15. The van der Waals surface area contributed by atoms with Crippen molar-refractivity contribution in [3.05, 3.63) is 18.1 Å². The lowest BCUT2D eigenvalue weighted by atomic mass is 10.2. The van der Waals surface area contributed by atoms with Crippen molar-refractivity contribution < 1.29 is 14.5 Å². The van der Waals surface area contributed by atoms with E-state index in [-0.39, 0.29) is 5.69 Å². The van der Waals surface area contributed by atoms with E-state index >= 15 is 0 Å². The minimum atomic E-state index is -1.10. The van der Waals surface area contributed by atoms with Crippen LogP contribution in [0.1, 0.15) is 10.5 Å². The Morgan fingerprint density at radius 1 is 1.54 bits per heavy atom. The van der Waals surface area contributed by atoms with Gasteiger partial charge in [0.25, 0.3) is 0 Å². The zero-order valence-electron chi connectivity index (χ0n) is 6.26. The Labute approximate surface area is 71.3 Å². The number of nitrogens with one attached hydrogen (secondary N) is 1. The summed E-state index contributed by atoms with van der Waals surface area (Å²) in [5, 5.41) is 21.5. The molecule has 0 fully saturated rings. The summed E-state index contributed by atoms with van der Waals surface area (Å²) >= 11 is 0. The van der Waals surface area contributed by atoms with E-state index in [0.29, 0.717) is 11.3 Å². The van der Waals surface area contributed by atoms with Gasteiger partial charge in [0.05, 0.1) is 18.0 Å². The smallest absolute Gasteiger partial charge is 0.354 e. The summed E-state index contributed by atoms with van der Waals surface area (Å²) in [6.45, 7) is 0. The van der Waals surface area contributed by atoms with E-state index in [1.807, 2.05) is 0 Å². The number of carbonyl (C=O) groups is 1. The van der Waals surface area contributed by atoms with Crippen molar-refractivity contribution in [1.82, 2.24) is 20.5 Å². The molecule has 7 nitrogen and oxygen atoms in total. The monoisotopic (exact) mass is 180 g/mol. The summed E-state index contributed by atoms with van der Waals surface area (Å²) in [5.74, 6) is -1.10. The minimum Gasteiger partial charge on any atom is -0.477 e. The molecule has 2 aromatic heterocycles. The van der Waals surface area contributed by atoms with Crippen molar-refractivity contribution >= 4 is 5.97 Å². The quantitative estimate of drug-likeness (QED) is 0.681. The van der Waals surface area contributed by atoms with Gasteiger partial charge in [-0.1, -0.05) is 5.16 Å². The van der Waals surface area contributed by atoms with Gasteiger partial charge < -0.3 is 5.11 Å². The predicted octanol–water partition coefficient (Wildman–Crippen LogP) is 0.158. The highest BCUT2D eigenvalue weighted by atomic mass is 16.6. The van der Waals surface area contributed by atoms with Crippen LogP contribution in [-0.2, 0) is 0 Å². The van der Waals surface area contributed by atoms with E-state index in [4.69, 9.17) is 5.11 Å². The molecule has 2 aromatic rings. The SMILES string of the molecule is O=C(O)c1[nH]ncc1-c1cnon1. The van der Waals surface area contributed by atoms with Crippen molar-refractivity contribution in [3.8, 4) is 11.3 Å². The molecule has 0 radical (unpaired) electrons. The van der Waals surface area contributed by atoms with Gasteiger partial charge in [-0.05, 0) is 5.16 Å². The average Bonchev–Trinajstić information content (AvgIpc) is 2.74. The van der Waals surface area contributed by atoms with E-state index < -0.39 is 5.97 Å². The molecule has 0 spiro atoms. The normalized spacial score (nSPS) is 10.2. The van der Waals surface area contributed by atoms with Gasteiger partial charge in [-0.2, -0.15) is 5.10 Å². The van der Waals surface area contributed by atoms with Crippen molar-refractivity contribution in [3.63, 3.8) is 0 Å². The first-order valence-corrected chi connectivity index (χ1v) is 3.33. The Kier molecular flexibility index (Phi) is 1.55. The first kappa shape index (κ1) is 7.47. The Hall–Kier alpha value is -2.18. The molecule has 0 aliphatic carbocycles. The highest BCUT2D eigenvalue weighted by Crippen LogP contribution is 2.18. The zero-order valence-corrected chi connectivity index (χ0v) is 6.26. The van der Waals surface area contributed by atoms with Crippen LogP contribution in [-0.4, -0.2) is 31.6 Å². The Balaban J connectivity index is 2.52. The summed E-state index contributed by atoms with van der Waals surface area (Å²) in [6, 6.07) is 0. The number of hydrogen-bond donors (Lipinski definition) is 2. The van der Waals surface area contributed by atoms with Crippen molar-refractivity contribution in [2.24, 2.45) is 0 Å². The Morgan fingerprint density at radius 2 is 2.38 bits per heavy atom. The number of aromatic carboxylic acids is 1. The second kappa shape index (κ2) is 2.70. The van der Waals surface area contributed by atoms with Gasteiger partial charge in [0.2, 0.25) is 0 Å². The molecule has 7 heteroatoms. The molecule has 2 heterocycles. The van der Waals surface area contributed by atoms with E-state index in [1.165, 1.54) is 12.4 Å². The number of hydrogen-bond acceptors (Lipinski definition) is 5. The molecule has 2 rings (SSSR count). The van der Waals surface area contributed by atoms with E-state index in [2.05, 4.69) is 25.1 Å². The van der Waals surface area contributed by atoms with Crippen LogP contribution in [0.3, 0.4) is 0 Å². The number of H-pyrrole nitrogens is 1. The van der Waals surface area contributed by atoms with Crippen LogP contribution in [0.5, 0.6) is 0 Å². The van der Waals surface area contributed by atoms with E-state index in [0.717, 1.165) is 0 Å². The standard InChI is InChI=1S/C6H4N4O3/c11-6(12)5-3(1-7-9-5)4-2-8-13-10-4/h1-2H,(H,7,9)(H,11,12). The molecule has 0 aromatic carbocycles. The third-order valence-electron chi connectivity index (χ3n) is 1.49. The Bertz CT molecular complexity index is 419. The largest absolute Gasteiger partial charge is 0.477 e. The molecule has 0 bridgehead atoms. The van der Waals surface area contributed by atoms with Gasteiger partial charge in [-0.15, -0.1) is 0 Å². The third-order valence-corrected chi connectivity index (χ3v) is 1.49. The predicted molar refractivity (Wildman–Crippen MR) is 38.8 cm³/mol. The van der Waals surface area contributed by atoms with Gasteiger partial charge in [0.15, 0.2) is 5.69 Å². The van der Waals surface area contributed by atoms with Crippen LogP contribution >= 0.6 is 0 Å². The molecule has 13 heavy (non-hydrogen) atoms. The molecule has 0 unspecified atom stereocenters. The second-order valence-corrected chi connectivity index (χ2v) is 2.26. The highest BCUT2D eigenvalue weighted by Gasteiger charge is 2.16. The van der Waals surface area contributed by atoms with Crippen LogP contribution < -0.4 is 0 Å². The number of aromatic nitrogens is 4. The zero-order chi connectivity index (χ0) is 9.26. The summed E-state index contributed by atoms with van der Waals surface area (Å²) in [5.41, 5.74) is 0.663. The molecular weight excluding hydrogens is 176 g/mol. The van der Waals surface area contributed by atoms with Gasteiger partial charge in [-0.25, -0.2) is 9.42 Å². The van der Waals surface area contributed by atoms with Crippen molar-refractivity contribution in [2.75, 3.05) is 0 Å². The average molecular weight is 180 g/mol. The van der Waals surface area contributed by atoms with Gasteiger partial charge >= 0.3 is 5.97 Å². The first-order chi connectivity index (χ1) is 6.29. The highest BCUT2D eigenvalue weighted by molar-refractivity contribution is 5.92. The molecule has 0 amide bonds. The first-order valence-electron chi connectivity index (χ1n) is 3.33. The van der Waals surface area contributed by atoms with Crippen molar-refractivity contribution in [2.45, 2.75) is 0 Å². The fourth-order valence-electron chi connectivity index (χ4n) is 0.927. The topological polar surface area (TPSA) is 105 Å². The summed E-state index contributed by atoms with van der Waals surface area (Å²) < 4.78 is 4.34. The lowest BCUT2D eigenvalue weighted by Gasteiger charge is -1.90. The Morgan fingerprint density at radius 3 is 3.00 bits per heavy atom. The molecule has 0 aliphatic rings. The summed E-state index contributed by atoms with van der Waals surface area (Å²) in [7, 11) is 0. The summed E-state index contributed by atoms with van der Waals surface area (Å²) in [6.07, 6.45) is 2.67. The summed E-state index contributed by atoms with van der Waals surface area (Å²) in [4.78, 5) is 10.6. The number of aromatic amines is 1. The van der Waals surface area contributed by atoms with Crippen molar-refractivity contribution in [1.29, 1.82) is 0 Å². The van der Waals surface area contributed by atoms with Crippen LogP contribution in [0, 0.1) is 0 Å². The minimum absolute atomic E-state index is 0.0318. The van der Waals surface area contributed by atoms with Crippen LogP contribution in [0.25, 0.3) is 11.3 Å². The maximum Gasteiger partial charge on any atom is 0.354 e. The fraction of sp³-hybridized carbons (Fsp3) is 0. The molecule has 66 valence electrons. The van der Waals surface area contributed by atoms with E-state index in [9.17, 15) is 4.79 Å². The van der Waals surface area contributed by atoms with Gasteiger partial charge in [0, 0.05) is 0 Å². The molecule has 0 aliphatic heterocycles. The second-order valence-electron chi connectivity index (χ2n) is 2.26. The fourth-order valence-corrected chi connectivity index (χ4v) is 0.927. The number of carboxylic acid groups (broad SMARTS) is 1. The molecular formula is C6H4N4O3. The van der Waals surface area contributed by atoms with E-state index in [1.54, 1.807) is 0 Å². The number of carboxylic acids is 1. The van der Waals surface area contributed by atoms with Crippen LogP contribution in [0.15, 0.2) is 17.0 Å². The molecule has 2 N–H and O–H groups in total. The van der Waals surface area contributed by atoms with Crippen LogP contribution in [0.4, 0.5) is 0 Å². The maximum atomic E-state index is 10.6. The van der Waals surface area contributed by atoms with Crippen LogP contribution in [0.2, 0.25) is 0 Å².